The Kier molecular flexibility index (Phi) is 14.4. The number of carbonyl (C=O) groups is 1. The highest BCUT2D eigenvalue weighted by molar-refractivity contribution is 7.99. The highest BCUT2D eigenvalue weighted by Gasteiger charge is 2.48. The van der Waals surface area contributed by atoms with Crippen LogP contribution >= 0.6 is 23.4 Å². The van der Waals surface area contributed by atoms with Crippen molar-refractivity contribution < 1.29 is 34.8 Å². The van der Waals surface area contributed by atoms with Gasteiger partial charge in [0.15, 0.2) is 0 Å². The number of halogens is 4. The SMILES string of the molecule is CN(C)C[C@H](CSc1ccccc1)Nc1ccc(S(=O)(=O)NC(=O)c2ccc(N3CCN(CC4=C(c5ccc(Cl)cc5)CCCC4)CC3)cc2)cc1S(=O)(=O)C(F)(F)F. The number of anilines is 2. The predicted octanol–water partition coefficient (Wildman–Crippen LogP) is 8.04. The van der Waals surface area contributed by atoms with E-state index in [0.29, 0.717) is 18.4 Å². The fourth-order valence-electron chi connectivity index (χ4n) is 7.29. The van der Waals surface area contributed by atoms with Gasteiger partial charge in [-0.05, 0) is 118 Å². The quantitative estimate of drug-likeness (QED) is 0.114. The van der Waals surface area contributed by atoms with E-state index >= 15 is 0 Å². The molecule has 0 spiro atoms. The maximum absolute atomic E-state index is 14.0. The van der Waals surface area contributed by atoms with Crippen molar-refractivity contribution in [1.82, 2.24) is 14.5 Å². The number of alkyl halides is 3. The molecule has 17 heteroatoms. The Morgan fingerprint density at radius 3 is 2.17 bits per heavy atom. The molecule has 59 heavy (non-hydrogen) atoms. The van der Waals surface area contributed by atoms with Gasteiger partial charge in [-0.15, -0.1) is 11.8 Å². The summed E-state index contributed by atoms with van der Waals surface area (Å²) in [4.78, 5) is 18.4. The molecule has 0 radical (unpaired) electrons. The number of sulfone groups is 1. The second-order valence-corrected chi connectivity index (χ2v) is 20.0. The Bertz CT molecular complexity index is 2340. The zero-order valence-corrected chi connectivity index (χ0v) is 35.9. The van der Waals surface area contributed by atoms with Crippen LogP contribution in [-0.4, -0.2) is 103 Å². The number of nitrogens with zero attached hydrogens (tertiary/aromatic N) is 3. The first-order valence-electron chi connectivity index (χ1n) is 19.2. The fourth-order valence-corrected chi connectivity index (χ4v) is 10.4. The molecule has 10 nitrogen and oxygen atoms in total. The number of amides is 1. The van der Waals surface area contributed by atoms with E-state index < -0.39 is 52.8 Å². The van der Waals surface area contributed by atoms with Crippen LogP contribution in [0.15, 0.2) is 117 Å². The normalized spacial score (nSPS) is 16.3. The lowest BCUT2D eigenvalue weighted by atomic mass is 9.87. The molecule has 0 unspecified atom stereocenters. The van der Waals surface area contributed by atoms with Crippen LogP contribution in [0.5, 0.6) is 0 Å². The van der Waals surface area contributed by atoms with Crippen LogP contribution in [0.2, 0.25) is 5.02 Å². The van der Waals surface area contributed by atoms with Gasteiger partial charge in [-0.3, -0.25) is 9.69 Å². The van der Waals surface area contributed by atoms with Crippen LogP contribution < -0.4 is 14.9 Å². The molecule has 1 heterocycles. The molecule has 1 atom stereocenters. The predicted molar refractivity (Wildman–Crippen MR) is 229 cm³/mol. The number of benzene rings is 4. The molecule has 1 aliphatic carbocycles. The van der Waals surface area contributed by atoms with Gasteiger partial charge in [0.25, 0.3) is 25.8 Å². The lowest BCUT2D eigenvalue weighted by molar-refractivity contribution is -0.0435. The topological polar surface area (TPSA) is 119 Å². The van der Waals surface area contributed by atoms with E-state index in [9.17, 15) is 34.8 Å². The van der Waals surface area contributed by atoms with E-state index in [1.807, 2.05) is 47.2 Å². The maximum atomic E-state index is 14.0. The Morgan fingerprint density at radius 2 is 1.53 bits per heavy atom. The zero-order chi connectivity index (χ0) is 42.4. The van der Waals surface area contributed by atoms with Crippen LogP contribution in [0.4, 0.5) is 24.5 Å². The summed E-state index contributed by atoms with van der Waals surface area (Å²) < 4.78 is 96.4. The lowest BCUT2D eigenvalue weighted by Gasteiger charge is -2.37. The van der Waals surface area contributed by atoms with Gasteiger partial charge in [-0.25, -0.2) is 21.6 Å². The molecule has 0 saturated carbocycles. The van der Waals surface area contributed by atoms with Crippen LogP contribution in [0.3, 0.4) is 0 Å². The monoisotopic (exact) mass is 889 g/mol. The average Bonchev–Trinajstić information content (AvgIpc) is 3.20. The van der Waals surface area contributed by atoms with Crippen molar-refractivity contribution in [1.29, 1.82) is 0 Å². The fraction of sp³-hybridized carbons (Fsp3) is 0.357. The van der Waals surface area contributed by atoms with Crippen molar-refractivity contribution in [2.24, 2.45) is 0 Å². The van der Waals surface area contributed by atoms with E-state index in [4.69, 9.17) is 11.6 Å². The van der Waals surface area contributed by atoms with E-state index in [-0.39, 0.29) is 5.56 Å². The number of thioether (sulfide) groups is 1. The minimum atomic E-state index is -6.03. The van der Waals surface area contributed by atoms with E-state index in [1.54, 1.807) is 31.1 Å². The van der Waals surface area contributed by atoms with Crippen LogP contribution in [0, 0.1) is 0 Å². The first-order chi connectivity index (χ1) is 28.0. The Balaban J connectivity index is 1.12. The molecule has 1 aliphatic heterocycles. The van der Waals surface area contributed by atoms with Gasteiger partial charge in [0.2, 0.25) is 0 Å². The maximum Gasteiger partial charge on any atom is 0.501 e. The molecule has 1 amide bonds. The lowest BCUT2D eigenvalue weighted by Crippen LogP contribution is -2.47. The molecule has 316 valence electrons. The van der Waals surface area contributed by atoms with Crippen molar-refractivity contribution in [3.63, 3.8) is 0 Å². The van der Waals surface area contributed by atoms with Crippen LogP contribution in [-0.2, 0) is 19.9 Å². The molecular weight excluding hydrogens is 843 g/mol. The summed E-state index contributed by atoms with van der Waals surface area (Å²) in [6.45, 7) is 4.38. The van der Waals surface area contributed by atoms with Gasteiger partial charge in [-0.1, -0.05) is 47.5 Å². The van der Waals surface area contributed by atoms with Crippen molar-refractivity contribution in [3.8, 4) is 0 Å². The zero-order valence-electron chi connectivity index (χ0n) is 32.7. The molecule has 2 N–H and O–H groups in total. The summed E-state index contributed by atoms with van der Waals surface area (Å²) in [6.07, 6.45) is 4.46. The van der Waals surface area contributed by atoms with Crippen molar-refractivity contribution >= 4 is 66.1 Å². The summed E-state index contributed by atoms with van der Waals surface area (Å²) in [7, 11) is -7.32. The number of rotatable bonds is 15. The third-order valence-electron chi connectivity index (χ3n) is 10.3. The van der Waals surface area contributed by atoms with Crippen LogP contribution in [0.1, 0.15) is 41.6 Å². The number of sulfonamides is 1. The van der Waals surface area contributed by atoms with Crippen molar-refractivity contribution in [2.45, 2.75) is 51.9 Å². The molecule has 2 aliphatic rings. The average molecular weight is 891 g/mol. The summed E-state index contributed by atoms with van der Waals surface area (Å²) >= 11 is 7.55. The number of hydrogen-bond acceptors (Lipinski definition) is 10. The van der Waals surface area contributed by atoms with E-state index in [1.165, 1.54) is 53.4 Å². The molecule has 0 aromatic heterocycles. The summed E-state index contributed by atoms with van der Waals surface area (Å²) in [5, 5.41) is 3.62. The van der Waals surface area contributed by atoms with Gasteiger partial charge in [0.05, 0.1) is 10.6 Å². The molecule has 6 rings (SSSR count). The second kappa shape index (κ2) is 19.1. The molecule has 4 aromatic carbocycles. The minimum absolute atomic E-state index is 0.00112. The third-order valence-corrected chi connectivity index (χ3v) is 14.6. The Hall–Kier alpha value is -4.06. The smallest absolute Gasteiger partial charge is 0.379 e. The molecule has 1 saturated heterocycles. The van der Waals surface area contributed by atoms with E-state index in [2.05, 4.69) is 27.2 Å². The Labute approximate surface area is 353 Å². The number of carbonyl (C=O) groups excluding carboxylic acids is 1. The summed E-state index contributed by atoms with van der Waals surface area (Å²) in [5.41, 5.74) is -1.20. The molecule has 0 bridgehead atoms. The number of hydrogen-bond donors (Lipinski definition) is 2. The molecule has 1 fully saturated rings. The Morgan fingerprint density at radius 1 is 0.864 bits per heavy atom. The van der Waals surface area contributed by atoms with Crippen molar-refractivity contribution in [3.05, 3.63) is 119 Å². The number of allylic oxidation sites excluding steroid dienone is 1. The number of piperazine rings is 1. The first-order valence-corrected chi connectivity index (χ1v) is 23.5. The number of likely N-dealkylation sites (N-methyl/N-ethyl adjacent to an activating group) is 1. The molecular formula is C42H47ClF3N5O5S3. The highest BCUT2D eigenvalue weighted by atomic mass is 35.5. The van der Waals surface area contributed by atoms with Crippen LogP contribution in [0.25, 0.3) is 5.57 Å². The highest BCUT2D eigenvalue weighted by Crippen LogP contribution is 2.37. The van der Waals surface area contributed by atoms with Gasteiger partial charge in [-0.2, -0.15) is 13.2 Å². The van der Waals surface area contributed by atoms with Gasteiger partial charge < -0.3 is 15.1 Å². The standard InChI is InChI=1S/C42H47ClF3N5O5S3/c1-49(2)28-34(29-57-36-9-4-3-5-10-36)47-39-21-20-37(26-40(39)58(53,54)42(44,45)46)59(55,56)48-41(52)31-14-18-35(19-15-31)51-24-22-50(23-25-51)27-32-8-6-7-11-38(32)30-12-16-33(43)17-13-30/h3-5,9-10,12-21,26,34,47H,6-8,11,22-25,27-29H2,1-2H3,(H,48,52)/t34-/m1/s1. The summed E-state index contributed by atoms with van der Waals surface area (Å²) in [6, 6.07) is 25.5. The third kappa shape index (κ3) is 11.4. The minimum Gasteiger partial charge on any atom is -0.379 e. The van der Waals surface area contributed by atoms with Gasteiger partial charge in [0.1, 0.15) is 4.90 Å². The molecule has 4 aromatic rings. The van der Waals surface area contributed by atoms with Crippen molar-refractivity contribution in [2.75, 3.05) is 69.3 Å². The van der Waals surface area contributed by atoms with Gasteiger partial charge in [0, 0.05) is 72.2 Å². The number of nitrogens with one attached hydrogen (secondary N) is 2. The van der Waals surface area contributed by atoms with E-state index in [0.717, 1.165) is 73.3 Å². The summed E-state index contributed by atoms with van der Waals surface area (Å²) in [5.74, 6) is -0.672. The second-order valence-electron chi connectivity index (χ2n) is 14.9. The van der Waals surface area contributed by atoms with Gasteiger partial charge >= 0.3 is 5.51 Å². The largest absolute Gasteiger partial charge is 0.501 e. The first kappa shape index (κ1) is 44.5.